The molecule has 0 aliphatic heterocycles. The Bertz CT molecular complexity index is 1210. The molecule has 1 aromatic heterocycles. The summed E-state index contributed by atoms with van der Waals surface area (Å²) in [4.78, 5) is 24.0. The van der Waals surface area contributed by atoms with Crippen molar-refractivity contribution in [1.82, 2.24) is 3.97 Å². The molecule has 0 amide bonds. The lowest BCUT2D eigenvalue weighted by molar-refractivity contribution is -0.156. The molecular formula is C22H21NO6S. The lowest BCUT2D eigenvalue weighted by Gasteiger charge is -2.08. The normalized spacial score (nSPS) is 11.9. The first-order valence-corrected chi connectivity index (χ1v) is 10.5. The zero-order chi connectivity index (χ0) is 21.9. The first-order valence-electron chi connectivity index (χ1n) is 9.05. The van der Waals surface area contributed by atoms with E-state index in [1.54, 1.807) is 48.5 Å². The molecule has 1 heterocycles. The Balaban J connectivity index is 2.11. The number of carbonyl (C=O) groups excluding carboxylic acids is 2. The molecule has 0 radical (unpaired) electrons. The molecular weight excluding hydrogens is 406 g/mol. The van der Waals surface area contributed by atoms with Gasteiger partial charge in [-0.05, 0) is 25.1 Å². The third kappa shape index (κ3) is 3.99. The van der Waals surface area contributed by atoms with Gasteiger partial charge in [-0.25, -0.2) is 12.4 Å². The second-order valence-electron chi connectivity index (χ2n) is 6.60. The van der Waals surface area contributed by atoms with Crippen molar-refractivity contribution in [2.45, 2.75) is 11.8 Å². The molecule has 0 N–H and O–H groups in total. The minimum Gasteiger partial charge on any atom is -0.468 e. The molecule has 3 rings (SSSR count). The van der Waals surface area contributed by atoms with Gasteiger partial charge in [0.1, 0.15) is 0 Å². The summed E-state index contributed by atoms with van der Waals surface area (Å²) >= 11 is 0. The average molecular weight is 427 g/mol. The van der Waals surface area contributed by atoms with Crippen molar-refractivity contribution in [2.24, 2.45) is 5.92 Å². The first-order chi connectivity index (χ1) is 14.3. The van der Waals surface area contributed by atoms with Crippen molar-refractivity contribution in [2.75, 3.05) is 14.2 Å². The zero-order valence-corrected chi connectivity index (χ0v) is 17.5. The molecule has 30 heavy (non-hydrogen) atoms. The van der Waals surface area contributed by atoms with Crippen molar-refractivity contribution in [3.63, 3.8) is 0 Å². The quantitative estimate of drug-likeness (QED) is 0.443. The summed E-state index contributed by atoms with van der Waals surface area (Å²) in [6.45, 7) is 1.88. The highest BCUT2D eigenvalue weighted by atomic mass is 32.2. The maximum Gasteiger partial charge on any atom is 0.323 e. The zero-order valence-electron chi connectivity index (χ0n) is 16.7. The van der Waals surface area contributed by atoms with Crippen molar-refractivity contribution >= 4 is 38.9 Å². The minimum atomic E-state index is -3.84. The number of fused-ring (bicyclic) bond motifs is 1. The van der Waals surface area contributed by atoms with Crippen LogP contribution in [0.5, 0.6) is 0 Å². The van der Waals surface area contributed by atoms with Gasteiger partial charge in [0, 0.05) is 17.1 Å². The first kappa shape index (κ1) is 21.3. The van der Waals surface area contributed by atoms with Crippen LogP contribution in [0.2, 0.25) is 0 Å². The van der Waals surface area contributed by atoms with Crippen LogP contribution in [0, 0.1) is 12.8 Å². The highest BCUT2D eigenvalue weighted by molar-refractivity contribution is 7.90. The largest absolute Gasteiger partial charge is 0.468 e. The lowest BCUT2D eigenvalue weighted by Crippen LogP contribution is -2.24. The molecule has 156 valence electrons. The monoisotopic (exact) mass is 427 g/mol. The van der Waals surface area contributed by atoms with Crippen LogP contribution in [-0.4, -0.2) is 38.5 Å². The Hall–Kier alpha value is -3.39. The maximum absolute atomic E-state index is 13.2. The number of ether oxygens (including phenoxy) is 2. The van der Waals surface area contributed by atoms with Gasteiger partial charge in [0.2, 0.25) is 0 Å². The van der Waals surface area contributed by atoms with Crippen LogP contribution in [0.15, 0.2) is 65.7 Å². The summed E-state index contributed by atoms with van der Waals surface area (Å²) in [5.41, 5.74) is 1.95. The molecule has 0 spiro atoms. The van der Waals surface area contributed by atoms with Gasteiger partial charge in [0.25, 0.3) is 10.0 Å². The Kier molecular flexibility index (Phi) is 6.07. The van der Waals surface area contributed by atoms with E-state index >= 15 is 0 Å². The molecule has 0 unspecified atom stereocenters. The SMILES string of the molecule is COC(=O)C(/C=C/c1cn(S(=O)(=O)c2ccc(C)cc2)c2ccccc12)C(=O)OC. The van der Waals surface area contributed by atoms with Crippen LogP contribution in [0.3, 0.4) is 0 Å². The van der Waals surface area contributed by atoms with E-state index in [2.05, 4.69) is 9.47 Å². The molecule has 3 aromatic rings. The Morgan fingerprint density at radius 3 is 2.17 bits per heavy atom. The summed E-state index contributed by atoms with van der Waals surface area (Å²) in [6, 6.07) is 13.5. The second-order valence-corrected chi connectivity index (χ2v) is 8.41. The van der Waals surface area contributed by atoms with E-state index in [0.29, 0.717) is 16.5 Å². The summed E-state index contributed by atoms with van der Waals surface area (Å²) in [7, 11) is -1.50. The number of hydrogen-bond donors (Lipinski definition) is 0. The molecule has 0 bridgehead atoms. The van der Waals surface area contributed by atoms with E-state index in [1.165, 1.54) is 36.5 Å². The van der Waals surface area contributed by atoms with Crippen LogP contribution in [0.25, 0.3) is 17.0 Å². The third-order valence-electron chi connectivity index (χ3n) is 4.67. The number of aryl methyl sites for hydroxylation is 1. The number of rotatable bonds is 6. The van der Waals surface area contributed by atoms with Gasteiger partial charge in [-0.2, -0.15) is 0 Å². The summed E-state index contributed by atoms with van der Waals surface area (Å²) in [5.74, 6) is -2.79. The number of benzene rings is 2. The molecule has 0 fully saturated rings. The van der Waals surface area contributed by atoms with Gasteiger partial charge < -0.3 is 9.47 Å². The number of methoxy groups -OCH3 is 2. The third-order valence-corrected chi connectivity index (χ3v) is 6.35. The van der Waals surface area contributed by atoms with Gasteiger partial charge in [0.15, 0.2) is 5.92 Å². The highest BCUT2D eigenvalue weighted by Gasteiger charge is 2.26. The summed E-state index contributed by atoms with van der Waals surface area (Å²) in [5, 5.41) is 0.651. The van der Waals surface area contributed by atoms with E-state index in [1.807, 2.05) is 6.92 Å². The summed E-state index contributed by atoms with van der Waals surface area (Å²) in [6.07, 6.45) is 4.31. The number of para-hydroxylation sites is 1. The highest BCUT2D eigenvalue weighted by Crippen LogP contribution is 2.27. The standard InChI is InChI=1S/C22H21NO6S/c1-15-8-11-17(12-9-15)30(26,27)23-14-16(18-6-4-5-7-20(18)23)10-13-19(21(24)28-2)22(25)29-3/h4-14,19H,1-3H3/b13-10+. The molecule has 0 atom stereocenters. The van der Waals surface area contributed by atoms with E-state index in [0.717, 1.165) is 5.56 Å². The molecule has 2 aromatic carbocycles. The smallest absolute Gasteiger partial charge is 0.323 e. The fraction of sp³-hybridized carbons (Fsp3) is 0.182. The second kappa shape index (κ2) is 8.54. The fourth-order valence-corrected chi connectivity index (χ4v) is 4.42. The van der Waals surface area contributed by atoms with E-state index in [-0.39, 0.29) is 4.90 Å². The number of carbonyl (C=O) groups is 2. The molecule has 7 nitrogen and oxygen atoms in total. The molecule has 0 saturated heterocycles. The van der Waals surface area contributed by atoms with Gasteiger partial charge in [-0.3, -0.25) is 9.59 Å². The Morgan fingerprint density at radius 1 is 0.967 bits per heavy atom. The number of aromatic nitrogens is 1. The predicted octanol–water partition coefficient (Wildman–Crippen LogP) is 3.16. The average Bonchev–Trinajstić information content (AvgIpc) is 3.13. The number of nitrogens with zero attached hydrogens (tertiary/aromatic N) is 1. The van der Waals surface area contributed by atoms with E-state index in [4.69, 9.17) is 0 Å². The van der Waals surface area contributed by atoms with Gasteiger partial charge >= 0.3 is 11.9 Å². The molecule has 0 aliphatic carbocycles. The fourth-order valence-electron chi connectivity index (χ4n) is 3.04. The topological polar surface area (TPSA) is 91.7 Å². The van der Waals surface area contributed by atoms with Crippen LogP contribution in [0.4, 0.5) is 0 Å². The maximum atomic E-state index is 13.2. The van der Waals surface area contributed by atoms with Gasteiger partial charge in [-0.15, -0.1) is 0 Å². The summed E-state index contributed by atoms with van der Waals surface area (Å²) < 4.78 is 36.9. The van der Waals surface area contributed by atoms with Crippen molar-refractivity contribution in [1.29, 1.82) is 0 Å². The van der Waals surface area contributed by atoms with Crippen LogP contribution >= 0.6 is 0 Å². The van der Waals surface area contributed by atoms with Gasteiger partial charge in [0.05, 0.1) is 24.6 Å². The van der Waals surface area contributed by atoms with E-state index in [9.17, 15) is 18.0 Å². The minimum absolute atomic E-state index is 0.159. The van der Waals surface area contributed by atoms with Crippen LogP contribution in [-0.2, 0) is 29.1 Å². The van der Waals surface area contributed by atoms with Crippen molar-refractivity contribution in [3.8, 4) is 0 Å². The molecule has 0 aliphatic rings. The van der Waals surface area contributed by atoms with Gasteiger partial charge in [-0.1, -0.05) is 48.0 Å². The predicted molar refractivity (Wildman–Crippen MR) is 112 cm³/mol. The lowest BCUT2D eigenvalue weighted by atomic mass is 10.1. The Morgan fingerprint density at radius 2 is 1.57 bits per heavy atom. The van der Waals surface area contributed by atoms with Crippen LogP contribution < -0.4 is 0 Å². The van der Waals surface area contributed by atoms with Crippen molar-refractivity contribution in [3.05, 3.63) is 71.9 Å². The number of hydrogen-bond acceptors (Lipinski definition) is 6. The molecule has 0 saturated carbocycles. The van der Waals surface area contributed by atoms with E-state index < -0.39 is 27.9 Å². The van der Waals surface area contributed by atoms with Crippen LogP contribution in [0.1, 0.15) is 11.1 Å². The molecule has 8 heteroatoms. The Labute approximate surface area is 174 Å². The number of esters is 2. The van der Waals surface area contributed by atoms with Crippen molar-refractivity contribution < 1.29 is 27.5 Å².